The molecule has 0 radical (unpaired) electrons. The lowest BCUT2D eigenvalue weighted by Crippen LogP contribution is -2.51. The van der Waals surface area contributed by atoms with Crippen LogP contribution in [0, 0.1) is 0 Å². The highest BCUT2D eigenvalue weighted by Crippen LogP contribution is 2.31. The largest absolute Gasteiger partial charge is 0.382 e. The van der Waals surface area contributed by atoms with Crippen molar-refractivity contribution >= 4 is 11.5 Å². The van der Waals surface area contributed by atoms with E-state index in [-0.39, 0.29) is 6.04 Å². The molecular formula is C9H14N2OS. The Morgan fingerprint density at radius 3 is 3.23 bits per heavy atom. The summed E-state index contributed by atoms with van der Waals surface area (Å²) in [5.41, 5.74) is 0.0651. The second-order valence-electron chi connectivity index (χ2n) is 3.59. The minimum absolute atomic E-state index is 0.100. The Bertz CT molecular complexity index is 275. The number of nitrogens with one attached hydrogen (secondary N) is 1. The molecule has 0 amide bonds. The van der Waals surface area contributed by atoms with E-state index in [1.807, 2.05) is 18.4 Å². The van der Waals surface area contributed by atoms with Crippen LogP contribution in [0.25, 0.3) is 0 Å². The van der Waals surface area contributed by atoms with Gasteiger partial charge in [-0.25, -0.2) is 0 Å². The molecule has 1 saturated heterocycles. The van der Waals surface area contributed by atoms with Gasteiger partial charge >= 0.3 is 0 Å². The third-order valence-corrected chi connectivity index (χ3v) is 3.34. The average molecular weight is 198 g/mol. The molecule has 2 N–H and O–H groups in total. The Morgan fingerprint density at radius 1 is 1.77 bits per heavy atom. The Kier molecular flexibility index (Phi) is 2.36. The normalized spacial score (nSPS) is 34.8. The summed E-state index contributed by atoms with van der Waals surface area (Å²) >= 11 is 1.40. The molecule has 0 bridgehead atoms. The zero-order valence-corrected chi connectivity index (χ0v) is 8.47. The highest BCUT2D eigenvalue weighted by atomic mass is 32.1. The minimum Gasteiger partial charge on any atom is -0.382 e. The van der Waals surface area contributed by atoms with E-state index in [0.717, 1.165) is 25.1 Å². The van der Waals surface area contributed by atoms with Gasteiger partial charge in [-0.15, -0.1) is 0 Å². The highest BCUT2D eigenvalue weighted by molar-refractivity contribution is 7.03. The first-order chi connectivity index (χ1) is 6.23. The molecule has 2 unspecified atom stereocenters. The van der Waals surface area contributed by atoms with Crippen LogP contribution < -0.4 is 5.32 Å². The smallest absolute Gasteiger partial charge is 0.122 e. The third-order valence-electron chi connectivity index (χ3n) is 2.78. The van der Waals surface area contributed by atoms with E-state index < -0.39 is 5.60 Å². The minimum atomic E-state index is -0.752. The number of hydrogen-bond acceptors (Lipinski definition) is 4. The summed E-state index contributed by atoms with van der Waals surface area (Å²) in [5.74, 6) is 0. The monoisotopic (exact) mass is 198 g/mol. The average Bonchev–Trinajstić information content (AvgIpc) is 2.63. The second-order valence-corrected chi connectivity index (χ2v) is 4.25. The lowest BCUT2D eigenvalue weighted by molar-refractivity contribution is -0.0255. The van der Waals surface area contributed by atoms with Crippen molar-refractivity contribution in [2.45, 2.75) is 31.4 Å². The molecule has 2 rings (SSSR count). The molecule has 1 aliphatic heterocycles. The van der Waals surface area contributed by atoms with Gasteiger partial charge in [-0.3, -0.25) is 0 Å². The zero-order chi connectivity index (χ0) is 9.31. The fourth-order valence-electron chi connectivity index (χ4n) is 1.85. The topological polar surface area (TPSA) is 45.1 Å². The van der Waals surface area contributed by atoms with Gasteiger partial charge in [-0.1, -0.05) is 0 Å². The van der Waals surface area contributed by atoms with Crippen LogP contribution in [0.1, 0.15) is 25.5 Å². The fourth-order valence-corrected chi connectivity index (χ4v) is 2.43. The lowest BCUT2D eigenvalue weighted by atomic mass is 9.84. The molecule has 0 aliphatic carbocycles. The van der Waals surface area contributed by atoms with E-state index in [1.54, 1.807) is 0 Å². The molecule has 2 heterocycles. The summed E-state index contributed by atoms with van der Waals surface area (Å²) in [7, 11) is 0. The van der Waals surface area contributed by atoms with Crippen LogP contribution in [0.15, 0.2) is 11.4 Å². The highest BCUT2D eigenvalue weighted by Gasteiger charge is 2.39. The van der Waals surface area contributed by atoms with Gasteiger partial charge in [0.05, 0.1) is 5.69 Å². The van der Waals surface area contributed by atoms with Crippen LogP contribution in [-0.2, 0) is 5.60 Å². The van der Waals surface area contributed by atoms with Crippen LogP contribution >= 0.6 is 11.5 Å². The molecular weight excluding hydrogens is 184 g/mol. The number of rotatable bonds is 1. The van der Waals surface area contributed by atoms with Crippen molar-refractivity contribution < 1.29 is 5.11 Å². The molecule has 2 atom stereocenters. The van der Waals surface area contributed by atoms with E-state index in [1.165, 1.54) is 11.5 Å². The van der Waals surface area contributed by atoms with Gasteiger partial charge in [0.2, 0.25) is 0 Å². The van der Waals surface area contributed by atoms with Gasteiger partial charge in [0.15, 0.2) is 0 Å². The summed E-state index contributed by atoms with van der Waals surface area (Å²) in [6.45, 7) is 3.01. The molecule has 1 aliphatic rings. The molecule has 72 valence electrons. The van der Waals surface area contributed by atoms with Crippen molar-refractivity contribution in [3.63, 3.8) is 0 Å². The first-order valence-electron chi connectivity index (χ1n) is 4.60. The van der Waals surface area contributed by atoms with Crippen molar-refractivity contribution in [1.29, 1.82) is 0 Å². The number of piperidine rings is 1. The molecule has 0 saturated carbocycles. The maximum absolute atomic E-state index is 10.4. The Balaban J connectivity index is 2.27. The van der Waals surface area contributed by atoms with Gasteiger partial charge in [-0.2, -0.15) is 4.37 Å². The van der Waals surface area contributed by atoms with E-state index >= 15 is 0 Å². The predicted octanol–water partition coefficient (Wildman–Crippen LogP) is 1.10. The van der Waals surface area contributed by atoms with E-state index in [2.05, 4.69) is 9.69 Å². The summed E-state index contributed by atoms with van der Waals surface area (Å²) in [4.78, 5) is 0. The van der Waals surface area contributed by atoms with Crippen LogP contribution in [-0.4, -0.2) is 22.1 Å². The summed E-state index contributed by atoms with van der Waals surface area (Å²) in [6, 6.07) is 2.01. The van der Waals surface area contributed by atoms with Gasteiger partial charge in [-0.05, 0) is 43.9 Å². The second kappa shape index (κ2) is 3.36. The van der Waals surface area contributed by atoms with Crippen LogP contribution in [0.2, 0.25) is 0 Å². The molecule has 13 heavy (non-hydrogen) atoms. The Labute approximate surface area is 82.0 Å². The van der Waals surface area contributed by atoms with Crippen LogP contribution in [0.3, 0.4) is 0 Å². The molecule has 1 aromatic rings. The summed E-state index contributed by atoms with van der Waals surface area (Å²) < 4.78 is 4.21. The van der Waals surface area contributed by atoms with Gasteiger partial charge in [0, 0.05) is 11.4 Å². The number of hydrogen-bond donors (Lipinski definition) is 2. The maximum atomic E-state index is 10.4. The van der Waals surface area contributed by atoms with Gasteiger partial charge < -0.3 is 10.4 Å². The van der Waals surface area contributed by atoms with Crippen molar-refractivity contribution in [1.82, 2.24) is 9.69 Å². The predicted molar refractivity (Wildman–Crippen MR) is 52.7 cm³/mol. The first kappa shape index (κ1) is 9.12. The number of aliphatic hydroxyl groups is 1. The summed E-state index contributed by atoms with van der Waals surface area (Å²) in [6.07, 6.45) is 1.82. The Hall–Kier alpha value is -0.450. The molecule has 0 aromatic carbocycles. The zero-order valence-electron chi connectivity index (χ0n) is 7.66. The van der Waals surface area contributed by atoms with Crippen molar-refractivity contribution in [3.8, 4) is 0 Å². The van der Waals surface area contributed by atoms with E-state index in [9.17, 15) is 5.11 Å². The maximum Gasteiger partial charge on any atom is 0.122 e. The van der Waals surface area contributed by atoms with E-state index in [4.69, 9.17) is 0 Å². The molecule has 1 aromatic heterocycles. The van der Waals surface area contributed by atoms with Crippen molar-refractivity contribution in [3.05, 3.63) is 17.1 Å². The SMILES string of the molecule is CC1NCCCC1(O)c1ccsn1. The van der Waals surface area contributed by atoms with Gasteiger partial charge in [0.25, 0.3) is 0 Å². The quantitative estimate of drug-likeness (QED) is 0.710. The third kappa shape index (κ3) is 1.49. The first-order valence-corrected chi connectivity index (χ1v) is 5.44. The van der Waals surface area contributed by atoms with Crippen LogP contribution in [0.5, 0.6) is 0 Å². The Morgan fingerprint density at radius 2 is 2.62 bits per heavy atom. The fraction of sp³-hybridized carbons (Fsp3) is 0.667. The number of aromatic nitrogens is 1. The molecule has 3 nitrogen and oxygen atoms in total. The van der Waals surface area contributed by atoms with Crippen molar-refractivity contribution in [2.24, 2.45) is 0 Å². The molecule has 1 fully saturated rings. The summed E-state index contributed by atoms with van der Waals surface area (Å²) in [5, 5.41) is 15.6. The van der Waals surface area contributed by atoms with Gasteiger partial charge in [0.1, 0.15) is 5.60 Å². The van der Waals surface area contributed by atoms with Crippen LogP contribution in [0.4, 0.5) is 0 Å². The molecule has 0 spiro atoms. The van der Waals surface area contributed by atoms with E-state index in [0.29, 0.717) is 0 Å². The van der Waals surface area contributed by atoms with Crippen molar-refractivity contribution in [2.75, 3.05) is 6.54 Å². The molecule has 4 heteroatoms. The standard InChI is InChI=1S/C9H14N2OS/c1-7-9(12,4-2-5-10-7)8-3-6-13-11-8/h3,6-7,10,12H,2,4-5H2,1H3. The lowest BCUT2D eigenvalue weighted by Gasteiger charge is -2.37. The number of nitrogens with zero attached hydrogens (tertiary/aromatic N) is 1.